The molecule has 1 fully saturated rings. The second-order valence-corrected chi connectivity index (χ2v) is 7.17. The SMILES string of the molecule is CCCNC(C)c1cc(Br)ccc1N(C)CC1CC(O)C1. The molecule has 1 atom stereocenters. The third kappa shape index (κ3) is 4.44. The molecule has 3 nitrogen and oxygen atoms in total. The molecule has 0 spiro atoms. The van der Waals surface area contributed by atoms with E-state index in [2.05, 4.69) is 65.2 Å². The summed E-state index contributed by atoms with van der Waals surface area (Å²) in [4.78, 5) is 2.34. The molecule has 4 heteroatoms. The van der Waals surface area contributed by atoms with Crippen LogP contribution in [0.15, 0.2) is 22.7 Å². The first-order valence-electron chi connectivity index (χ1n) is 7.93. The lowest BCUT2D eigenvalue weighted by molar-refractivity contribution is 0.0464. The predicted octanol–water partition coefficient (Wildman–Crippen LogP) is 3.72. The fraction of sp³-hybridized carbons (Fsp3) is 0.647. The van der Waals surface area contributed by atoms with Crippen LogP contribution in [-0.2, 0) is 0 Å². The molecule has 21 heavy (non-hydrogen) atoms. The summed E-state index contributed by atoms with van der Waals surface area (Å²) in [5, 5.41) is 13.0. The maximum absolute atomic E-state index is 9.44. The Bertz CT molecular complexity index is 460. The van der Waals surface area contributed by atoms with Crippen LogP contribution in [0.2, 0.25) is 0 Å². The number of aliphatic hydroxyl groups is 1. The molecule has 0 bridgehead atoms. The van der Waals surface area contributed by atoms with Crippen molar-refractivity contribution in [3.8, 4) is 0 Å². The molecule has 1 aromatic rings. The van der Waals surface area contributed by atoms with Gasteiger partial charge in [0.15, 0.2) is 0 Å². The summed E-state index contributed by atoms with van der Waals surface area (Å²) in [6.07, 6.45) is 2.96. The Morgan fingerprint density at radius 2 is 2.14 bits per heavy atom. The van der Waals surface area contributed by atoms with Gasteiger partial charge in [-0.3, -0.25) is 0 Å². The lowest BCUT2D eigenvalue weighted by Gasteiger charge is -2.36. The van der Waals surface area contributed by atoms with Crippen LogP contribution in [-0.4, -0.2) is 31.3 Å². The quantitative estimate of drug-likeness (QED) is 0.783. The predicted molar refractivity (Wildman–Crippen MR) is 92.9 cm³/mol. The van der Waals surface area contributed by atoms with Gasteiger partial charge in [-0.2, -0.15) is 0 Å². The van der Waals surface area contributed by atoms with Crippen molar-refractivity contribution in [1.82, 2.24) is 5.32 Å². The van der Waals surface area contributed by atoms with E-state index in [-0.39, 0.29) is 6.10 Å². The van der Waals surface area contributed by atoms with Gasteiger partial charge in [-0.25, -0.2) is 0 Å². The van der Waals surface area contributed by atoms with Crippen molar-refractivity contribution >= 4 is 21.6 Å². The van der Waals surface area contributed by atoms with Gasteiger partial charge in [0.1, 0.15) is 0 Å². The molecular weight excluding hydrogens is 328 g/mol. The smallest absolute Gasteiger partial charge is 0.0546 e. The van der Waals surface area contributed by atoms with E-state index < -0.39 is 0 Å². The molecule has 1 aliphatic rings. The van der Waals surface area contributed by atoms with Crippen molar-refractivity contribution in [2.45, 2.75) is 45.3 Å². The van der Waals surface area contributed by atoms with Crippen LogP contribution >= 0.6 is 15.9 Å². The summed E-state index contributed by atoms with van der Waals surface area (Å²) < 4.78 is 1.12. The van der Waals surface area contributed by atoms with E-state index in [1.165, 1.54) is 11.3 Å². The Hall–Kier alpha value is -0.580. The molecule has 0 amide bonds. The van der Waals surface area contributed by atoms with Crippen molar-refractivity contribution in [3.63, 3.8) is 0 Å². The standard InChI is InChI=1S/C17H27BrN2O/c1-4-7-19-12(2)16-10-14(18)5-6-17(16)20(3)11-13-8-15(21)9-13/h5-6,10,12-13,15,19,21H,4,7-9,11H2,1-3H3. The Morgan fingerprint density at radius 3 is 2.76 bits per heavy atom. The zero-order valence-electron chi connectivity index (χ0n) is 13.3. The van der Waals surface area contributed by atoms with Crippen LogP contribution in [0.25, 0.3) is 0 Å². The van der Waals surface area contributed by atoms with Gasteiger partial charge < -0.3 is 15.3 Å². The number of benzene rings is 1. The van der Waals surface area contributed by atoms with Gasteiger partial charge in [-0.05, 0) is 62.4 Å². The molecule has 2 N–H and O–H groups in total. The fourth-order valence-corrected chi connectivity index (χ4v) is 3.40. The number of nitrogens with one attached hydrogen (secondary N) is 1. The maximum atomic E-state index is 9.44. The van der Waals surface area contributed by atoms with E-state index in [0.29, 0.717) is 12.0 Å². The summed E-state index contributed by atoms with van der Waals surface area (Å²) in [6, 6.07) is 6.86. The molecule has 1 saturated carbocycles. The average Bonchev–Trinajstić information content (AvgIpc) is 2.42. The second-order valence-electron chi connectivity index (χ2n) is 6.25. The minimum absolute atomic E-state index is 0.0714. The molecule has 0 aliphatic heterocycles. The summed E-state index contributed by atoms with van der Waals surface area (Å²) in [7, 11) is 2.16. The lowest BCUT2D eigenvalue weighted by atomic mass is 9.82. The molecule has 2 rings (SSSR count). The number of hydrogen-bond acceptors (Lipinski definition) is 3. The topological polar surface area (TPSA) is 35.5 Å². The Morgan fingerprint density at radius 1 is 1.43 bits per heavy atom. The summed E-state index contributed by atoms with van der Waals surface area (Å²) in [6.45, 7) is 6.47. The van der Waals surface area contributed by atoms with E-state index in [1.807, 2.05) is 0 Å². The normalized spacial score (nSPS) is 22.7. The first-order valence-corrected chi connectivity index (χ1v) is 8.72. The van der Waals surface area contributed by atoms with E-state index in [9.17, 15) is 5.11 Å². The first-order chi connectivity index (χ1) is 10.0. The molecule has 1 unspecified atom stereocenters. The van der Waals surface area contributed by atoms with Crippen LogP contribution in [0.4, 0.5) is 5.69 Å². The second kappa shape index (κ2) is 7.61. The van der Waals surface area contributed by atoms with Gasteiger partial charge >= 0.3 is 0 Å². The van der Waals surface area contributed by atoms with Crippen molar-refractivity contribution < 1.29 is 5.11 Å². The van der Waals surface area contributed by atoms with E-state index in [0.717, 1.165) is 36.8 Å². The summed E-state index contributed by atoms with van der Waals surface area (Å²) in [5.41, 5.74) is 2.62. The largest absolute Gasteiger partial charge is 0.393 e. The molecule has 118 valence electrons. The minimum Gasteiger partial charge on any atom is -0.393 e. The molecule has 0 aromatic heterocycles. The third-order valence-electron chi connectivity index (χ3n) is 4.31. The van der Waals surface area contributed by atoms with Gasteiger partial charge in [0, 0.05) is 29.8 Å². The molecule has 0 radical (unpaired) electrons. The zero-order valence-corrected chi connectivity index (χ0v) is 14.9. The highest BCUT2D eigenvalue weighted by Gasteiger charge is 2.28. The molecular formula is C17H27BrN2O. The van der Waals surface area contributed by atoms with Crippen LogP contribution in [0.3, 0.4) is 0 Å². The Labute approximate surface area is 136 Å². The highest BCUT2D eigenvalue weighted by Crippen LogP contribution is 2.33. The molecule has 0 heterocycles. The number of nitrogens with zero attached hydrogens (tertiary/aromatic N) is 1. The third-order valence-corrected chi connectivity index (χ3v) is 4.80. The van der Waals surface area contributed by atoms with Gasteiger partial charge in [0.25, 0.3) is 0 Å². The van der Waals surface area contributed by atoms with Gasteiger partial charge in [-0.15, -0.1) is 0 Å². The number of anilines is 1. The van der Waals surface area contributed by atoms with Crippen LogP contribution in [0, 0.1) is 5.92 Å². The Kier molecular flexibility index (Phi) is 6.08. The van der Waals surface area contributed by atoms with Crippen molar-refractivity contribution in [1.29, 1.82) is 0 Å². The highest BCUT2D eigenvalue weighted by atomic mass is 79.9. The van der Waals surface area contributed by atoms with Gasteiger partial charge in [-0.1, -0.05) is 22.9 Å². The molecule has 1 aromatic carbocycles. The van der Waals surface area contributed by atoms with E-state index in [4.69, 9.17) is 0 Å². The maximum Gasteiger partial charge on any atom is 0.0546 e. The zero-order chi connectivity index (χ0) is 15.4. The van der Waals surface area contributed by atoms with Crippen LogP contribution < -0.4 is 10.2 Å². The summed E-state index contributed by atoms with van der Waals surface area (Å²) in [5.74, 6) is 0.625. The fourth-order valence-electron chi connectivity index (χ4n) is 3.03. The van der Waals surface area contributed by atoms with Crippen molar-refractivity contribution in [3.05, 3.63) is 28.2 Å². The number of hydrogen-bond donors (Lipinski definition) is 2. The molecule has 0 saturated heterocycles. The molecule has 1 aliphatic carbocycles. The Balaban J connectivity index is 2.09. The van der Waals surface area contributed by atoms with Crippen molar-refractivity contribution in [2.75, 3.05) is 25.0 Å². The monoisotopic (exact) mass is 354 g/mol. The minimum atomic E-state index is -0.0714. The summed E-state index contributed by atoms with van der Waals surface area (Å²) >= 11 is 3.59. The van der Waals surface area contributed by atoms with Crippen LogP contribution in [0.1, 0.15) is 44.7 Å². The van der Waals surface area contributed by atoms with Gasteiger partial charge in [0.2, 0.25) is 0 Å². The average molecular weight is 355 g/mol. The highest BCUT2D eigenvalue weighted by molar-refractivity contribution is 9.10. The first kappa shape index (κ1) is 16.8. The van der Waals surface area contributed by atoms with Gasteiger partial charge in [0.05, 0.1) is 6.10 Å². The van der Waals surface area contributed by atoms with E-state index >= 15 is 0 Å². The number of rotatable bonds is 7. The van der Waals surface area contributed by atoms with E-state index in [1.54, 1.807) is 0 Å². The van der Waals surface area contributed by atoms with Crippen molar-refractivity contribution in [2.24, 2.45) is 5.92 Å². The lowest BCUT2D eigenvalue weighted by Crippen LogP contribution is -2.37. The van der Waals surface area contributed by atoms with Crippen LogP contribution in [0.5, 0.6) is 0 Å². The number of halogens is 1. The number of aliphatic hydroxyl groups excluding tert-OH is 1.